The van der Waals surface area contributed by atoms with Gasteiger partial charge < -0.3 is 20.6 Å². The number of aliphatic hydroxyl groups is 3. The van der Waals surface area contributed by atoms with E-state index in [4.69, 9.17) is 0 Å². The Bertz CT molecular complexity index is 709. The summed E-state index contributed by atoms with van der Waals surface area (Å²) in [5, 5.41) is 33.0. The summed E-state index contributed by atoms with van der Waals surface area (Å²) in [7, 11) is 0. The second-order valence-electron chi connectivity index (χ2n) is 14.6. The van der Waals surface area contributed by atoms with E-state index < -0.39 is 18.2 Å². The van der Waals surface area contributed by atoms with Crippen LogP contribution in [0.2, 0.25) is 0 Å². The van der Waals surface area contributed by atoms with E-state index in [1.807, 2.05) is 6.08 Å². The lowest BCUT2D eigenvalue weighted by atomic mass is 10.0. The van der Waals surface area contributed by atoms with Gasteiger partial charge in [-0.25, -0.2) is 0 Å². The van der Waals surface area contributed by atoms with Gasteiger partial charge in [0.05, 0.1) is 31.3 Å². The van der Waals surface area contributed by atoms with Crippen molar-refractivity contribution in [1.29, 1.82) is 0 Å². The Morgan fingerprint density at radius 2 is 0.896 bits per heavy atom. The molecule has 3 atom stereocenters. The zero-order valence-electron chi connectivity index (χ0n) is 32.1. The van der Waals surface area contributed by atoms with E-state index in [0.29, 0.717) is 6.42 Å². The third kappa shape index (κ3) is 34.7. The summed E-state index contributed by atoms with van der Waals surface area (Å²) in [4.78, 5) is 12.3. The average Bonchev–Trinajstić information content (AvgIpc) is 3.08. The number of unbranched alkanes of at least 4 members (excludes halogenated alkanes) is 27. The number of carbonyl (C=O) groups is 1. The van der Waals surface area contributed by atoms with E-state index in [0.717, 1.165) is 32.1 Å². The van der Waals surface area contributed by atoms with Crippen LogP contribution in [0.3, 0.4) is 0 Å². The molecular weight excluding hydrogens is 594 g/mol. The molecular formula is C43H83NO4. The van der Waals surface area contributed by atoms with Gasteiger partial charge in [0.15, 0.2) is 0 Å². The maximum absolute atomic E-state index is 12.3. The first-order chi connectivity index (χ1) is 23.5. The highest BCUT2D eigenvalue weighted by molar-refractivity contribution is 5.76. The largest absolute Gasteiger partial charge is 0.394 e. The molecule has 0 bridgehead atoms. The molecule has 3 unspecified atom stereocenters. The molecule has 0 spiro atoms. The number of amides is 1. The van der Waals surface area contributed by atoms with Crippen molar-refractivity contribution in [2.45, 2.75) is 238 Å². The van der Waals surface area contributed by atoms with Gasteiger partial charge in [-0.15, -0.1) is 0 Å². The lowest BCUT2D eigenvalue weighted by Crippen LogP contribution is -2.45. The number of aliphatic hydroxyl groups excluding tert-OH is 3. The molecule has 4 N–H and O–H groups in total. The highest BCUT2D eigenvalue weighted by atomic mass is 16.3. The van der Waals surface area contributed by atoms with Crippen LogP contribution in [0, 0.1) is 0 Å². The lowest BCUT2D eigenvalue weighted by Gasteiger charge is -2.21. The monoisotopic (exact) mass is 678 g/mol. The van der Waals surface area contributed by atoms with Crippen LogP contribution >= 0.6 is 0 Å². The second-order valence-corrected chi connectivity index (χ2v) is 14.6. The summed E-state index contributed by atoms with van der Waals surface area (Å²) in [5.74, 6) is -0.327. The van der Waals surface area contributed by atoms with E-state index >= 15 is 0 Å². The highest BCUT2D eigenvalue weighted by Gasteiger charge is 2.20. The molecule has 0 aliphatic carbocycles. The summed E-state index contributed by atoms with van der Waals surface area (Å²) in [5.41, 5.74) is 0. The molecule has 0 saturated carbocycles. The van der Waals surface area contributed by atoms with Gasteiger partial charge in [0, 0.05) is 0 Å². The standard InChI is InChI=1S/C43H83NO4/c1-3-5-7-9-11-13-14-15-16-17-18-19-20-21-22-23-24-25-26-27-28-29-31-33-35-37-42(47)41(39-45)44-43(48)38-40(46)36-34-32-30-12-10-8-6-4-2/h28-29,35,37,40-42,45-47H,3-27,30-34,36,38-39H2,1-2H3,(H,44,48)/b29-28+,37-35+. The predicted octanol–water partition coefficient (Wildman–Crippen LogP) is 11.8. The number of rotatable bonds is 38. The molecule has 0 aliphatic rings. The first-order valence-electron chi connectivity index (χ1n) is 21.1. The van der Waals surface area contributed by atoms with Gasteiger partial charge in [-0.05, 0) is 32.1 Å². The van der Waals surface area contributed by atoms with Crippen molar-refractivity contribution >= 4 is 5.91 Å². The first kappa shape index (κ1) is 46.8. The fraction of sp³-hybridized carbons (Fsp3) is 0.884. The Kier molecular flexibility index (Phi) is 37.7. The third-order valence-electron chi connectivity index (χ3n) is 9.74. The van der Waals surface area contributed by atoms with Gasteiger partial charge in [-0.1, -0.05) is 205 Å². The normalized spacial score (nSPS) is 13.9. The molecule has 5 heteroatoms. The van der Waals surface area contributed by atoms with E-state index in [-0.39, 0.29) is 18.9 Å². The summed E-state index contributed by atoms with van der Waals surface area (Å²) in [6.45, 7) is 4.17. The number of nitrogens with one attached hydrogen (secondary N) is 1. The highest BCUT2D eigenvalue weighted by Crippen LogP contribution is 2.15. The maximum atomic E-state index is 12.3. The van der Waals surface area contributed by atoms with Crippen molar-refractivity contribution in [2.75, 3.05) is 6.61 Å². The fourth-order valence-corrected chi connectivity index (χ4v) is 6.47. The van der Waals surface area contributed by atoms with Crippen molar-refractivity contribution in [3.8, 4) is 0 Å². The molecule has 0 aliphatic heterocycles. The minimum absolute atomic E-state index is 0.00768. The molecule has 48 heavy (non-hydrogen) atoms. The number of carbonyl (C=O) groups excluding carboxylic acids is 1. The van der Waals surface area contributed by atoms with Crippen LogP contribution in [0.15, 0.2) is 24.3 Å². The van der Waals surface area contributed by atoms with Crippen molar-refractivity contribution in [1.82, 2.24) is 5.32 Å². The zero-order valence-corrected chi connectivity index (χ0v) is 32.1. The smallest absolute Gasteiger partial charge is 0.222 e. The van der Waals surface area contributed by atoms with Crippen LogP contribution in [-0.4, -0.2) is 46.1 Å². The fourth-order valence-electron chi connectivity index (χ4n) is 6.47. The van der Waals surface area contributed by atoms with E-state index in [2.05, 4.69) is 31.3 Å². The molecule has 0 saturated heterocycles. The van der Waals surface area contributed by atoms with Crippen LogP contribution in [0.4, 0.5) is 0 Å². The molecule has 284 valence electrons. The Morgan fingerprint density at radius 3 is 1.33 bits per heavy atom. The van der Waals surface area contributed by atoms with E-state index in [9.17, 15) is 20.1 Å². The minimum Gasteiger partial charge on any atom is -0.394 e. The molecule has 0 fully saturated rings. The Labute approximate surface area is 299 Å². The Morgan fingerprint density at radius 1 is 0.521 bits per heavy atom. The molecule has 0 aromatic heterocycles. The summed E-state index contributed by atoms with van der Waals surface area (Å²) in [6.07, 6.45) is 46.3. The molecule has 0 aromatic carbocycles. The summed E-state index contributed by atoms with van der Waals surface area (Å²) >= 11 is 0. The number of hydrogen-bond donors (Lipinski definition) is 4. The molecule has 0 radical (unpaired) electrons. The van der Waals surface area contributed by atoms with Crippen molar-refractivity contribution < 1.29 is 20.1 Å². The zero-order chi connectivity index (χ0) is 35.2. The van der Waals surface area contributed by atoms with Gasteiger partial charge in [-0.3, -0.25) is 4.79 Å². The number of allylic oxidation sites excluding steroid dienone is 3. The van der Waals surface area contributed by atoms with Crippen molar-refractivity contribution in [2.24, 2.45) is 0 Å². The molecule has 1 amide bonds. The average molecular weight is 678 g/mol. The Hall–Kier alpha value is -1.17. The summed E-state index contributed by atoms with van der Waals surface area (Å²) < 4.78 is 0. The topological polar surface area (TPSA) is 89.8 Å². The molecule has 0 heterocycles. The van der Waals surface area contributed by atoms with E-state index in [1.54, 1.807) is 6.08 Å². The van der Waals surface area contributed by atoms with Crippen LogP contribution in [-0.2, 0) is 4.79 Å². The van der Waals surface area contributed by atoms with Gasteiger partial charge >= 0.3 is 0 Å². The Balaban J connectivity index is 3.63. The molecule has 0 aromatic rings. The maximum Gasteiger partial charge on any atom is 0.222 e. The minimum atomic E-state index is -0.947. The van der Waals surface area contributed by atoms with Crippen molar-refractivity contribution in [3.05, 3.63) is 24.3 Å². The second kappa shape index (κ2) is 38.6. The third-order valence-corrected chi connectivity index (χ3v) is 9.74. The van der Waals surface area contributed by atoms with Crippen LogP contribution < -0.4 is 5.32 Å². The number of hydrogen-bond acceptors (Lipinski definition) is 4. The lowest BCUT2D eigenvalue weighted by molar-refractivity contribution is -0.124. The molecule has 5 nitrogen and oxygen atoms in total. The quantitative estimate of drug-likeness (QED) is 0.0387. The van der Waals surface area contributed by atoms with Gasteiger partial charge in [0.2, 0.25) is 5.91 Å². The first-order valence-corrected chi connectivity index (χ1v) is 21.1. The van der Waals surface area contributed by atoms with Crippen LogP contribution in [0.1, 0.15) is 219 Å². The van der Waals surface area contributed by atoms with Gasteiger partial charge in [0.1, 0.15) is 0 Å². The predicted molar refractivity (Wildman–Crippen MR) is 208 cm³/mol. The molecule has 0 rings (SSSR count). The van der Waals surface area contributed by atoms with Crippen LogP contribution in [0.25, 0.3) is 0 Å². The van der Waals surface area contributed by atoms with Gasteiger partial charge in [0.25, 0.3) is 0 Å². The van der Waals surface area contributed by atoms with Gasteiger partial charge in [-0.2, -0.15) is 0 Å². The SMILES string of the molecule is CCCCCCCCCCCCCCCCCCCCC/C=C/CC/C=C/C(O)C(CO)NC(=O)CC(O)CCCCCCCCCC. The van der Waals surface area contributed by atoms with E-state index in [1.165, 1.54) is 161 Å². The van der Waals surface area contributed by atoms with Crippen molar-refractivity contribution in [3.63, 3.8) is 0 Å². The summed E-state index contributed by atoms with van der Waals surface area (Å²) in [6, 6.07) is -0.756. The van der Waals surface area contributed by atoms with Crippen LogP contribution in [0.5, 0.6) is 0 Å².